The van der Waals surface area contributed by atoms with Gasteiger partial charge in [0.05, 0.1) is 22.3 Å². The van der Waals surface area contributed by atoms with Crippen LogP contribution in [0.5, 0.6) is 0 Å². The minimum absolute atomic E-state index is 0.00368. The summed E-state index contributed by atoms with van der Waals surface area (Å²) >= 11 is 0. The van der Waals surface area contributed by atoms with Gasteiger partial charge in [-0.25, -0.2) is 9.31 Å². The average Bonchev–Trinajstić information content (AvgIpc) is 3.26. The zero-order valence-corrected chi connectivity index (χ0v) is 20.2. The summed E-state index contributed by atoms with van der Waals surface area (Å²) < 4.78 is 1.73. The molecule has 3 N–H and O–H groups in total. The second-order valence-electron chi connectivity index (χ2n) is 9.32. The van der Waals surface area contributed by atoms with Crippen molar-refractivity contribution < 1.29 is 14.7 Å². The Morgan fingerprint density at radius 3 is 2.58 bits per heavy atom. The Balaban J connectivity index is 1.47. The molecule has 5 rings (SSSR count). The van der Waals surface area contributed by atoms with Crippen molar-refractivity contribution in [3.05, 3.63) is 75.7 Å². The van der Waals surface area contributed by atoms with E-state index in [0.717, 1.165) is 25.0 Å². The Hall–Kier alpha value is -4.14. The molecule has 9 heteroatoms. The van der Waals surface area contributed by atoms with E-state index in [9.17, 15) is 19.5 Å². The number of nitrogens with zero attached hydrogens (tertiary/aromatic N) is 3. The SMILES string of the molecule is CCCCc1ccc(C(=O)Nc2cccc3nn4c(C5CCN(C(=O)O)CC5)cc(=O)[nH]c4c23)cc1. The van der Waals surface area contributed by atoms with Gasteiger partial charge in [0.2, 0.25) is 0 Å². The Bertz CT molecular complexity index is 1480. The number of hydrogen-bond donors (Lipinski definition) is 3. The summed E-state index contributed by atoms with van der Waals surface area (Å²) in [7, 11) is 0. The van der Waals surface area contributed by atoms with Crippen LogP contribution >= 0.6 is 0 Å². The fraction of sp³-hybridized carbons (Fsp3) is 0.333. The number of piperidine rings is 1. The summed E-state index contributed by atoms with van der Waals surface area (Å²) in [4.78, 5) is 41.2. The molecule has 0 atom stereocenters. The van der Waals surface area contributed by atoms with E-state index < -0.39 is 6.09 Å². The minimum Gasteiger partial charge on any atom is -0.465 e. The number of likely N-dealkylation sites (tertiary alicyclic amines) is 1. The number of rotatable bonds is 6. The number of aryl methyl sites for hydroxylation is 1. The van der Waals surface area contributed by atoms with Gasteiger partial charge in [0.15, 0.2) is 0 Å². The Kier molecular flexibility index (Phi) is 6.45. The highest BCUT2D eigenvalue weighted by Crippen LogP contribution is 2.31. The molecule has 2 amide bonds. The van der Waals surface area contributed by atoms with Gasteiger partial charge < -0.3 is 20.3 Å². The molecule has 1 aliphatic rings. The maximum absolute atomic E-state index is 13.0. The van der Waals surface area contributed by atoms with Crippen molar-refractivity contribution in [2.24, 2.45) is 0 Å². The summed E-state index contributed by atoms with van der Waals surface area (Å²) in [6.07, 6.45) is 3.52. The van der Waals surface area contributed by atoms with Gasteiger partial charge in [0.1, 0.15) is 5.65 Å². The van der Waals surface area contributed by atoms with Crippen LogP contribution in [-0.2, 0) is 6.42 Å². The maximum Gasteiger partial charge on any atom is 0.407 e. The third-order valence-corrected chi connectivity index (χ3v) is 6.93. The highest BCUT2D eigenvalue weighted by molar-refractivity contribution is 6.11. The third-order valence-electron chi connectivity index (χ3n) is 6.93. The lowest BCUT2D eigenvalue weighted by Crippen LogP contribution is -2.37. The largest absolute Gasteiger partial charge is 0.465 e. The lowest BCUT2D eigenvalue weighted by atomic mass is 9.93. The molecule has 2 aromatic heterocycles. The first-order valence-corrected chi connectivity index (χ1v) is 12.4. The molecule has 0 aliphatic carbocycles. The summed E-state index contributed by atoms with van der Waals surface area (Å²) in [6, 6.07) is 14.6. The number of amides is 2. The number of aromatic nitrogens is 3. The number of fused-ring (bicyclic) bond motifs is 3. The molecule has 0 radical (unpaired) electrons. The molecule has 36 heavy (non-hydrogen) atoms. The van der Waals surface area contributed by atoms with Crippen LogP contribution in [0, 0.1) is 0 Å². The first-order valence-electron chi connectivity index (χ1n) is 12.4. The molecular weight excluding hydrogens is 458 g/mol. The highest BCUT2D eigenvalue weighted by Gasteiger charge is 2.26. The average molecular weight is 488 g/mol. The first-order chi connectivity index (χ1) is 17.4. The predicted octanol–water partition coefficient (Wildman–Crippen LogP) is 4.63. The third kappa shape index (κ3) is 4.56. The Morgan fingerprint density at radius 1 is 1.14 bits per heavy atom. The second-order valence-corrected chi connectivity index (χ2v) is 9.32. The van der Waals surface area contributed by atoms with Gasteiger partial charge in [-0.15, -0.1) is 0 Å². The van der Waals surface area contributed by atoms with Gasteiger partial charge in [-0.3, -0.25) is 9.59 Å². The Morgan fingerprint density at radius 2 is 1.89 bits per heavy atom. The van der Waals surface area contributed by atoms with E-state index in [4.69, 9.17) is 5.10 Å². The quantitative estimate of drug-likeness (QED) is 0.366. The number of anilines is 1. The molecule has 2 aromatic carbocycles. The van der Waals surface area contributed by atoms with Gasteiger partial charge in [-0.1, -0.05) is 31.5 Å². The van der Waals surface area contributed by atoms with E-state index in [0.29, 0.717) is 53.7 Å². The lowest BCUT2D eigenvalue weighted by Gasteiger charge is -2.30. The van der Waals surface area contributed by atoms with E-state index in [-0.39, 0.29) is 17.4 Å². The van der Waals surface area contributed by atoms with Gasteiger partial charge in [-0.05, 0) is 55.5 Å². The highest BCUT2D eigenvalue weighted by atomic mass is 16.4. The van der Waals surface area contributed by atoms with Crippen molar-refractivity contribution in [2.75, 3.05) is 18.4 Å². The Labute approximate surface area is 207 Å². The van der Waals surface area contributed by atoms with Crippen molar-refractivity contribution in [3.8, 4) is 0 Å². The molecule has 0 unspecified atom stereocenters. The van der Waals surface area contributed by atoms with Crippen LogP contribution in [0.4, 0.5) is 10.5 Å². The van der Waals surface area contributed by atoms with Crippen LogP contribution < -0.4 is 10.9 Å². The smallest absolute Gasteiger partial charge is 0.407 e. The molecule has 1 saturated heterocycles. The number of carboxylic acid groups (broad SMARTS) is 1. The number of hydrogen-bond acceptors (Lipinski definition) is 4. The first kappa shape index (κ1) is 23.6. The molecule has 0 spiro atoms. The van der Waals surface area contributed by atoms with Crippen molar-refractivity contribution in [3.63, 3.8) is 0 Å². The fourth-order valence-electron chi connectivity index (χ4n) is 4.95. The lowest BCUT2D eigenvalue weighted by molar-refractivity contribution is 0.102. The number of benzene rings is 2. The zero-order chi connectivity index (χ0) is 25.2. The summed E-state index contributed by atoms with van der Waals surface area (Å²) in [5.41, 5.74) is 3.98. The zero-order valence-electron chi connectivity index (χ0n) is 20.2. The fourth-order valence-corrected chi connectivity index (χ4v) is 4.95. The van der Waals surface area contributed by atoms with Gasteiger partial charge in [-0.2, -0.15) is 5.10 Å². The van der Waals surface area contributed by atoms with Crippen LogP contribution in [0.3, 0.4) is 0 Å². The van der Waals surface area contributed by atoms with E-state index in [1.807, 2.05) is 36.4 Å². The van der Waals surface area contributed by atoms with Crippen LogP contribution in [0.15, 0.2) is 53.3 Å². The molecule has 0 bridgehead atoms. The molecule has 3 heterocycles. The number of unbranched alkanes of at least 4 members (excludes halogenated alkanes) is 1. The van der Waals surface area contributed by atoms with Crippen molar-refractivity contribution >= 4 is 34.2 Å². The molecule has 0 saturated carbocycles. The van der Waals surface area contributed by atoms with Gasteiger partial charge >= 0.3 is 6.09 Å². The van der Waals surface area contributed by atoms with Crippen molar-refractivity contribution in [1.82, 2.24) is 19.5 Å². The van der Waals surface area contributed by atoms with E-state index in [2.05, 4.69) is 17.2 Å². The van der Waals surface area contributed by atoms with Crippen LogP contribution in [0.2, 0.25) is 0 Å². The number of carbonyl (C=O) groups is 2. The maximum atomic E-state index is 13.0. The number of nitrogens with one attached hydrogen (secondary N) is 2. The normalized spacial score (nSPS) is 14.4. The topological polar surface area (TPSA) is 120 Å². The summed E-state index contributed by atoms with van der Waals surface area (Å²) in [6.45, 7) is 2.97. The molecule has 4 aromatic rings. The van der Waals surface area contributed by atoms with Gasteiger partial charge in [0, 0.05) is 30.6 Å². The van der Waals surface area contributed by atoms with E-state index in [1.54, 1.807) is 16.6 Å². The van der Waals surface area contributed by atoms with Crippen LogP contribution in [0.25, 0.3) is 16.6 Å². The standard InChI is InChI=1S/C27H29N5O4/c1-2-3-5-17-8-10-19(11-9-17)26(34)28-20-6-4-7-21-24(20)25-29-23(33)16-22(32(25)30-21)18-12-14-31(15-13-18)27(35)36/h4,6-11,16,18H,2-3,5,12-15H2,1H3,(H,28,34)(H,29,33)(H,35,36). The minimum atomic E-state index is -0.926. The van der Waals surface area contributed by atoms with Crippen molar-refractivity contribution in [1.29, 1.82) is 0 Å². The van der Waals surface area contributed by atoms with E-state index >= 15 is 0 Å². The predicted molar refractivity (Wildman–Crippen MR) is 138 cm³/mol. The summed E-state index contributed by atoms with van der Waals surface area (Å²) in [5, 5.41) is 17.6. The van der Waals surface area contributed by atoms with Crippen molar-refractivity contribution in [2.45, 2.75) is 44.9 Å². The monoisotopic (exact) mass is 487 g/mol. The molecule has 186 valence electrons. The van der Waals surface area contributed by atoms with Gasteiger partial charge in [0.25, 0.3) is 11.5 Å². The molecule has 1 fully saturated rings. The molecular formula is C27H29N5O4. The second kappa shape index (κ2) is 9.85. The van der Waals surface area contributed by atoms with Crippen LogP contribution in [0.1, 0.15) is 60.1 Å². The molecule has 1 aliphatic heterocycles. The number of aromatic amines is 1. The molecule has 9 nitrogen and oxygen atoms in total. The number of carbonyl (C=O) groups excluding carboxylic acids is 1. The van der Waals surface area contributed by atoms with E-state index in [1.165, 1.54) is 10.5 Å². The number of H-pyrrole nitrogens is 1. The van der Waals surface area contributed by atoms with Crippen LogP contribution in [-0.4, -0.2) is 49.7 Å². The summed E-state index contributed by atoms with van der Waals surface area (Å²) in [5.74, 6) is -0.229.